The van der Waals surface area contributed by atoms with E-state index in [4.69, 9.17) is 5.73 Å². The molecular formula is C13H18BrNO2S. The Morgan fingerprint density at radius 3 is 2.33 bits per heavy atom. The number of halogens is 1. The maximum absolute atomic E-state index is 12.2. The van der Waals surface area contributed by atoms with Crippen LogP contribution in [0.1, 0.15) is 25.7 Å². The highest BCUT2D eigenvalue weighted by Gasteiger charge is 2.27. The number of hydrogen-bond acceptors (Lipinski definition) is 3. The molecule has 3 nitrogen and oxygen atoms in total. The normalized spacial score (nSPS) is 19.0. The van der Waals surface area contributed by atoms with Gasteiger partial charge in [0.2, 0.25) is 0 Å². The molecule has 0 aromatic heterocycles. The van der Waals surface area contributed by atoms with E-state index in [0.717, 1.165) is 17.3 Å². The van der Waals surface area contributed by atoms with E-state index in [2.05, 4.69) is 15.9 Å². The van der Waals surface area contributed by atoms with Crippen molar-refractivity contribution in [2.45, 2.75) is 36.6 Å². The van der Waals surface area contributed by atoms with E-state index in [1.807, 2.05) is 0 Å². The standard InChI is InChI=1S/C13H18BrNO2S/c14-11-5-7-12(8-6-11)18(16,17)9-13(15)10-3-1-2-4-10/h5-8,10,13H,1-4,9,15H2. The predicted octanol–water partition coefficient (Wildman–Crippen LogP) is 2.74. The van der Waals surface area contributed by atoms with E-state index in [0.29, 0.717) is 10.8 Å². The Bertz CT molecular complexity index is 492. The molecule has 1 aromatic rings. The van der Waals surface area contributed by atoms with Gasteiger partial charge < -0.3 is 5.73 Å². The molecule has 1 aliphatic carbocycles. The minimum Gasteiger partial charge on any atom is -0.327 e. The van der Waals surface area contributed by atoms with Crippen molar-refractivity contribution in [3.8, 4) is 0 Å². The van der Waals surface area contributed by atoms with Crippen molar-refractivity contribution in [2.75, 3.05) is 5.75 Å². The number of nitrogens with two attached hydrogens (primary N) is 1. The average molecular weight is 332 g/mol. The summed E-state index contributed by atoms with van der Waals surface area (Å²) in [4.78, 5) is 0.360. The highest BCUT2D eigenvalue weighted by Crippen LogP contribution is 2.28. The van der Waals surface area contributed by atoms with Crippen molar-refractivity contribution in [3.05, 3.63) is 28.7 Å². The Hall–Kier alpha value is -0.390. The molecule has 1 atom stereocenters. The molecule has 2 rings (SSSR count). The summed E-state index contributed by atoms with van der Waals surface area (Å²) in [5.74, 6) is 0.425. The average Bonchev–Trinajstić information content (AvgIpc) is 2.82. The number of hydrogen-bond donors (Lipinski definition) is 1. The Morgan fingerprint density at radius 2 is 1.78 bits per heavy atom. The molecule has 0 heterocycles. The summed E-state index contributed by atoms with van der Waals surface area (Å²) >= 11 is 3.30. The molecular weight excluding hydrogens is 314 g/mol. The van der Waals surface area contributed by atoms with Gasteiger partial charge in [0.15, 0.2) is 9.84 Å². The molecule has 1 unspecified atom stereocenters. The van der Waals surface area contributed by atoms with Gasteiger partial charge in [0.1, 0.15) is 0 Å². The third-order valence-corrected chi connectivity index (χ3v) is 5.93. The first-order chi connectivity index (χ1) is 8.49. The van der Waals surface area contributed by atoms with Crippen LogP contribution in [0.5, 0.6) is 0 Å². The first kappa shape index (κ1) is 14.0. The Labute approximate surface area is 117 Å². The lowest BCUT2D eigenvalue weighted by Crippen LogP contribution is -2.35. The summed E-state index contributed by atoms with van der Waals surface area (Å²) in [7, 11) is -3.26. The van der Waals surface area contributed by atoms with Crippen LogP contribution in [0.3, 0.4) is 0 Å². The van der Waals surface area contributed by atoms with E-state index in [-0.39, 0.29) is 11.8 Å². The highest BCUT2D eigenvalue weighted by atomic mass is 79.9. The van der Waals surface area contributed by atoms with Gasteiger partial charge in [-0.1, -0.05) is 28.8 Å². The molecule has 0 bridgehead atoms. The summed E-state index contributed by atoms with van der Waals surface area (Å²) in [6, 6.07) is 6.50. The van der Waals surface area contributed by atoms with Gasteiger partial charge >= 0.3 is 0 Å². The summed E-state index contributed by atoms with van der Waals surface area (Å²) in [5, 5.41) is 0. The van der Waals surface area contributed by atoms with Crippen LogP contribution >= 0.6 is 15.9 Å². The fourth-order valence-electron chi connectivity index (χ4n) is 2.51. The summed E-state index contributed by atoms with van der Waals surface area (Å²) < 4.78 is 25.3. The van der Waals surface area contributed by atoms with Gasteiger partial charge in [-0.15, -0.1) is 0 Å². The van der Waals surface area contributed by atoms with Crippen molar-refractivity contribution >= 4 is 25.8 Å². The SMILES string of the molecule is NC(CS(=O)(=O)c1ccc(Br)cc1)C1CCCC1. The lowest BCUT2D eigenvalue weighted by molar-refractivity contribution is 0.455. The molecule has 18 heavy (non-hydrogen) atoms. The van der Waals surface area contributed by atoms with Crippen LogP contribution in [0.2, 0.25) is 0 Å². The monoisotopic (exact) mass is 331 g/mol. The van der Waals surface area contributed by atoms with Crippen LogP contribution in [0.4, 0.5) is 0 Å². The second kappa shape index (κ2) is 5.72. The van der Waals surface area contributed by atoms with Gasteiger partial charge in [0.05, 0.1) is 10.6 Å². The molecule has 2 N–H and O–H groups in total. The topological polar surface area (TPSA) is 60.2 Å². The summed E-state index contributed by atoms with van der Waals surface area (Å²) in [6.45, 7) is 0. The van der Waals surface area contributed by atoms with E-state index < -0.39 is 9.84 Å². The van der Waals surface area contributed by atoms with Crippen molar-refractivity contribution in [1.29, 1.82) is 0 Å². The molecule has 0 spiro atoms. The van der Waals surface area contributed by atoms with Crippen molar-refractivity contribution in [2.24, 2.45) is 11.7 Å². The lowest BCUT2D eigenvalue weighted by atomic mass is 10.0. The minimum absolute atomic E-state index is 0.0549. The number of benzene rings is 1. The minimum atomic E-state index is -3.26. The van der Waals surface area contributed by atoms with E-state index in [9.17, 15) is 8.42 Å². The largest absolute Gasteiger partial charge is 0.327 e. The van der Waals surface area contributed by atoms with E-state index in [1.54, 1.807) is 24.3 Å². The van der Waals surface area contributed by atoms with Crippen molar-refractivity contribution in [1.82, 2.24) is 0 Å². The molecule has 0 saturated heterocycles. The van der Waals surface area contributed by atoms with Crippen LogP contribution in [0.15, 0.2) is 33.6 Å². The number of sulfone groups is 1. The third-order valence-electron chi connectivity index (χ3n) is 3.59. The Morgan fingerprint density at radius 1 is 1.22 bits per heavy atom. The second-order valence-corrected chi connectivity index (χ2v) is 7.89. The summed E-state index contributed by atoms with van der Waals surface area (Å²) in [6.07, 6.45) is 4.49. The quantitative estimate of drug-likeness (QED) is 0.922. The zero-order chi connectivity index (χ0) is 13.2. The fraction of sp³-hybridized carbons (Fsp3) is 0.538. The van der Waals surface area contributed by atoms with Gasteiger partial charge in [0.25, 0.3) is 0 Å². The molecule has 5 heteroatoms. The molecule has 0 aliphatic heterocycles. The van der Waals surface area contributed by atoms with Gasteiger partial charge in [-0.3, -0.25) is 0 Å². The first-order valence-electron chi connectivity index (χ1n) is 6.23. The van der Waals surface area contributed by atoms with Crippen LogP contribution < -0.4 is 5.73 Å². The zero-order valence-electron chi connectivity index (χ0n) is 10.2. The molecule has 100 valence electrons. The molecule has 1 aromatic carbocycles. The third kappa shape index (κ3) is 3.33. The molecule has 1 saturated carbocycles. The van der Waals surface area contributed by atoms with E-state index in [1.165, 1.54) is 12.8 Å². The van der Waals surface area contributed by atoms with Crippen LogP contribution in [-0.4, -0.2) is 20.2 Å². The molecule has 1 fully saturated rings. The van der Waals surface area contributed by atoms with Gasteiger partial charge in [0, 0.05) is 10.5 Å². The molecule has 1 aliphatic rings. The van der Waals surface area contributed by atoms with E-state index >= 15 is 0 Å². The highest BCUT2D eigenvalue weighted by molar-refractivity contribution is 9.10. The van der Waals surface area contributed by atoms with Crippen molar-refractivity contribution < 1.29 is 8.42 Å². The van der Waals surface area contributed by atoms with Gasteiger partial charge in [-0.25, -0.2) is 8.42 Å². The summed E-state index contributed by atoms with van der Waals surface area (Å²) in [5.41, 5.74) is 6.04. The molecule has 0 amide bonds. The lowest BCUT2D eigenvalue weighted by Gasteiger charge is -2.18. The Balaban J connectivity index is 2.09. The predicted molar refractivity (Wildman–Crippen MR) is 76.1 cm³/mol. The van der Waals surface area contributed by atoms with Gasteiger partial charge in [-0.2, -0.15) is 0 Å². The second-order valence-electron chi connectivity index (χ2n) is 4.94. The van der Waals surface area contributed by atoms with Crippen LogP contribution in [0, 0.1) is 5.92 Å². The molecule has 0 radical (unpaired) electrons. The zero-order valence-corrected chi connectivity index (χ0v) is 12.6. The maximum atomic E-state index is 12.2. The Kier molecular flexibility index (Phi) is 4.45. The maximum Gasteiger partial charge on any atom is 0.179 e. The van der Waals surface area contributed by atoms with Crippen LogP contribution in [0.25, 0.3) is 0 Å². The van der Waals surface area contributed by atoms with Crippen LogP contribution in [-0.2, 0) is 9.84 Å². The fourth-order valence-corrected chi connectivity index (χ4v) is 4.30. The smallest absolute Gasteiger partial charge is 0.179 e. The van der Waals surface area contributed by atoms with Crippen molar-refractivity contribution in [3.63, 3.8) is 0 Å². The number of rotatable bonds is 4. The van der Waals surface area contributed by atoms with Gasteiger partial charge in [-0.05, 0) is 43.0 Å². The first-order valence-corrected chi connectivity index (χ1v) is 8.67.